The highest BCUT2D eigenvalue weighted by atomic mass is 16.5. The molecule has 0 radical (unpaired) electrons. The number of hydrogen-bond donors (Lipinski definition) is 0. The molecule has 0 N–H and O–H groups in total. The first-order chi connectivity index (χ1) is 6.74. The van der Waals surface area contributed by atoms with E-state index in [-0.39, 0.29) is 5.97 Å². The second-order valence-corrected chi connectivity index (χ2v) is 3.03. The lowest BCUT2D eigenvalue weighted by Gasteiger charge is -2.06. The van der Waals surface area contributed by atoms with Crippen LogP contribution in [0, 0.1) is 0 Å². The van der Waals surface area contributed by atoms with Gasteiger partial charge in [0.05, 0.1) is 0 Å². The Labute approximate surface area is 84.2 Å². The smallest absolute Gasteiger partial charge is 0.308 e. The maximum atomic E-state index is 10.8. The van der Waals surface area contributed by atoms with Crippen molar-refractivity contribution >= 4 is 5.97 Å². The highest BCUT2D eigenvalue weighted by molar-refractivity contribution is 5.69. The Hall–Kier alpha value is -1.57. The molecule has 74 valence electrons. The van der Waals surface area contributed by atoms with Gasteiger partial charge in [-0.15, -0.1) is 6.58 Å². The molecule has 0 fully saturated rings. The lowest BCUT2D eigenvalue weighted by atomic mass is 10.1. The van der Waals surface area contributed by atoms with Crippen LogP contribution in [0.3, 0.4) is 0 Å². The Morgan fingerprint density at radius 3 is 2.86 bits per heavy atom. The molecule has 2 nitrogen and oxygen atoms in total. The molecule has 0 spiro atoms. The van der Waals surface area contributed by atoms with Crippen molar-refractivity contribution < 1.29 is 9.53 Å². The first kappa shape index (κ1) is 10.5. The Kier molecular flexibility index (Phi) is 3.92. The van der Waals surface area contributed by atoms with Gasteiger partial charge in [0.1, 0.15) is 5.75 Å². The fraction of sp³-hybridized carbons (Fsp3) is 0.250. The van der Waals surface area contributed by atoms with Crippen molar-refractivity contribution in [3.63, 3.8) is 0 Å². The number of hydrogen-bond acceptors (Lipinski definition) is 2. The van der Waals surface area contributed by atoms with E-state index in [1.54, 1.807) is 6.07 Å². The van der Waals surface area contributed by atoms with Crippen LogP contribution in [0.5, 0.6) is 5.75 Å². The number of rotatable bonds is 4. The number of aryl methyl sites for hydroxylation is 1. The molecule has 0 aliphatic rings. The van der Waals surface area contributed by atoms with Crippen LogP contribution in [0.25, 0.3) is 0 Å². The number of carbonyl (C=O) groups is 1. The van der Waals surface area contributed by atoms with Crippen LogP contribution in [0.15, 0.2) is 36.9 Å². The zero-order chi connectivity index (χ0) is 10.4. The minimum Gasteiger partial charge on any atom is -0.426 e. The lowest BCUT2D eigenvalue weighted by molar-refractivity contribution is -0.131. The Bertz CT molecular complexity index is 329. The average Bonchev–Trinajstić information content (AvgIpc) is 2.16. The van der Waals surface area contributed by atoms with E-state index in [9.17, 15) is 4.79 Å². The largest absolute Gasteiger partial charge is 0.426 e. The molecule has 1 rings (SSSR count). The summed E-state index contributed by atoms with van der Waals surface area (Å²) < 4.78 is 5.07. The normalized spacial score (nSPS) is 9.50. The van der Waals surface area contributed by atoms with Crippen molar-refractivity contribution in [2.24, 2.45) is 0 Å². The second kappa shape index (κ2) is 5.22. The second-order valence-electron chi connectivity index (χ2n) is 3.03. The van der Waals surface area contributed by atoms with Gasteiger partial charge in [0.15, 0.2) is 0 Å². The van der Waals surface area contributed by atoms with E-state index in [4.69, 9.17) is 4.74 Å². The van der Waals surface area contributed by atoms with E-state index in [1.807, 2.05) is 24.3 Å². The standard InChI is InChI=1S/C12H14O2/c1-3-4-7-11-8-5-6-9-12(11)14-10(2)13/h3,5-6,8-9H,1,4,7H2,2H3. The molecule has 0 heterocycles. The van der Waals surface area contributed by atoms with Crippen molar-refractivity contribution in [3.8, 4) is 5.75 Å². The van der Waals surface area contributed by atoms with E-state index < -0.39 is 0 Å². The highest BCUT2D eigenvalue weighted by Gasteiger charge is 2.03. The van der Waals surface area contributed by atoms with Gasteiger partial charge in [-0.2, -0.15) is 0 Å². The van der Waals surface area contributed by atoms with Crippen molar-refractivity contribution in [3.05, 3.63) is 42.5 Å². The molecule has 0 amide bonds. The molecule has 0 bridgehead atoms. The zero-order valence-corrected chi connectivity index (χ0v) is 8.32. The summed E-state index contributed by atoms with van der Waals surface area (Å²) in [7, 11) is 0. The summed E-state index contributed by atoms with van der Waals surface area (Å²) in [4.78, 5) is 10.8. The fourth-order valence-corrected chi connectivity index (χ4v) is 1.22. The van der Waals surface area contributed by atoms with E-state index in [0.29, 0.717) is 5.75 Å². The molecule has 0 aliphatic carbocycles. The predicted octanol–water partition coefficient (Wildman–Crippen LogP) is 2.73. The van der Waals surface area contributed by atoms with Crippen LogP contribution in [-0.2, 0) is 11.2 Å². The third-order valence-corrected chi connectivity index (χ3v) is 1.84. The topological polar surface area (TPSA) is 26.3 Å². The maximum absolute atomic E-state index is 10.8. The summed E-state index contributed by atoms with van der Waals surface area (Å²) in [5, 5.41) is 0. The number of carbonyl (C=O) groups excluding carboxylic acids is 1. The number of esters is 1. The zero-order valence-electron chi connectivity index (χ0n) is 8.32. The van der Waals surface area contributed by atoms with Gasteiger partial charge in [0.25, 0.3) is 0 Å². The maximum Gasteiger partial charge on any atom is 0.308 e. The van der Waals surface area contributed by atoms with E-state index in [1.165, 1.54) is 6.92 Å². The molecular formula is C12H14O2. The third kappa shape index (κ3) is 3.05. The molecule has 2 heteroatoms. The van der Waals surface area contributed by atoms with Crippen LogP contribution in [0.4, 0.5) is 0 Å². The summed E-state index contributed by atoms with van der Waals surface area (Å²) >= 11 is 0. The molecule has 0 aliphatic heterocycles. The molecule has 1 aromatic carbocycles. The van der Waals surface area contributed by atoms with Gasteiger partial charge >= 0.3 is 5.97 Å². The minimum absolute atomic E-state index is 0.281. The van der Waals surface area contributed by atoms with Crippen LogP contribution >= 0.6 is 0 Å². The summed E-state index contributed by atoms with van der Waals surface area (Å²) in [6, 6.07) is 7.56. The summed E-state index contributed by atoms with van der Waals surface area (Å²) in [5.74, 6) is 0.373. The quantitative estimate of drug-likeness (QED) is 0.414. The van der Waals surface area contributed by atoms with Gasteiger partial charge in [-0.3, -0.25) is 4.79 Å². The number of benzene rings is 1. The van der Waals surface area contributed by atoms with Crippen LogP contribution in [-0.4, -0.2) is 5.97 Å². The fourth-order valence-electron chi connectivity index (χ4n) is 1.22. The van der Waals surface area contributed by atoms with Crippen molar-refractivity contribution in [1.29, 1.82) is 0 Å². The number of ether oxygens (including phenoxy) is 1. The lowest BCUT2D eigenvalue weighted by Crippen LogP contribution is -2.03. The Morgan fingerprint density at radius 1 is 1.50 bits per heavy atom. The molecule has 0 atom stereocenters. The van der Waals surface area contributed by atoms with Crippen LogP contribution < -0.4 is 4.74 Å². The van der Waals surface area contributed by atoms with Gasteiger partial charge in [0.2, 0.25) is 0 Å². The monoisotopic (exact) mass is 190 g/mol. The Morgan fingerprint density at radius 2 is 2.21 bits per heavy atom. The summed E-state index contributed by atoms with van der Waals surface area (Å²) in [6.45, 7) is 5.07. The van der Waals surface area contributed by atoms with Crippen molar-refractivity contribution in [1.82, 2.24) is 0 Å². The van der Waals surface area contributed by atoms with E-state index >= 15 is 0 Å². The first-order valence-corrected chi connectivity index (χ1v) is 4.61. The predicted molar refractivity (Wildman–Crippen MR) is 56.3 cm³/mol. The van der Waals surface area contributed by atoms with Gasteiger partial charge in [0, 0.05) is 6.92 Å². The van der Waals surface area contributed by atoms with Crippen LogP contribution in [0.1, 0.15) is 18.9 Å². The summed E-state index contributed by atoms with van der Waals surface area (Å²) in [5.41, 5.74) is 1.04. The molecule has 1 aromatic rings. The van der Waals surface area contributed by atoms with E-state index in [2.05, 4.69) is 6.58 Å². The first-order valence-electron chi connectivity index (χ1n) is 4.61. The number of allylic oxidation sites excluding steroid dienone is 1. The SMILES string of the molecule is C=CCCc1ccccc1OC(C)=O. The van der Waals surface area contributed by atoms with Gasteiger partial charge in [-0.25, -0.2) is 0 Å². The molecule has 14 heavy (non-hydrogen) atoms. The van der Waals surface area contributed by atoms with E-state index in [0.717, 1.165) is 18.4 Å². The van der Waals surface area contributed by atoms with Gasteiger partial charge in [-0.1, -0.05) is 24.3 Å². The average molecular weight is 190 g/mol. The van der Waals surface area contributed by atoms with Gasteiger partial charge in [-0.05, 0) is 24.5 Å². The van der Waals surface area contributed by atoms with Crippen molar-refractivity contribution in [2.45, 2.75) is 19.8 Å². The van der Waals surface area contributed by atoms with Crippen LogP contribution in [0.2, 0.25) is 0 Å². The molecule has 0 unspecified atom stereocenters. The minimum atomic E-state index is -0.281. The number of para-hydroxylation sites is 1. The molecule has 0 saturated heterocycles. The molecule has 0 aromatic heterocycles. The van der Waals surface area contributed by atoms with Crippen molar-refractivity contribution in [2.75, 3.05) is 0 Å². The van der Waals surface area contributed by atoms with Gasteiger partial charge < -0.3 is 4.74 Å². The summed E-state index contributed by atoms with van der Waals surface area (Å²) in [6.07, 6.45) is 3.59. The molecular weight excluding hydrogens is 176 g/mol. The molecule has 0 saturated carbocycles. The third-order valence-electron chi connectivity index (χ3n) is 1.84. The highest BCUT2D eigenvalue weighted by Crippen LogP contribution is 2.19. The Balaban J connectivity index is 2.79.